The number of rotatable bonds is 5. The number of carbonyl (C=O) groups excluding carboxylic acids is 1. The second-order valence-electron chi connectivity index (χ2n) is 7.01. The van der Waals surface area contributed by atoms with Gasteiger partial charge in [-0.3, -0.25) is 0 Å². The summed E-state index contributed by atoms with van der Waals surface area (Å²) in [5.41, 5.74) is 0. The van der Waals surface area contributed by atoms with Crippen molar-refractivity contribution in [1.29, 1.82) is 0 Å². The van der Waals surface area contributed by atoms with E-state index in [9.17, 15) is 4.79 Å². The van der Waals surface area contributed by atoms with Crippen LogP contribution >= 0.6 is 0 Å². The Kier molecular flexibility index (Phi) is 6.81. The molecule has 1 saturated heterocycles. The number of hydrogen-bond donors (Lipinski definition) is 2. The van der Waals surface area contributed by atoms with Gasteiger partial charge >= 0.3 is 6.03 Å². The maximum atomic E-state index is 11.8. The molecule has 1 saturated carbocycles. The molecule has 1 aliphatic heterocycles. The van der Waals surface area contributed by atoms with Crippen molar-refractivity contribution in [1.82, 2.24) is 15.5 Å². The molecule has 0 aromatic rings. The minimum Gasteiger partial charge on any atom is -0.336 e. The Labute approximate surface area is 130 Å². The van der Waals surface area contributed by atoms with Crippen molar-refractivity contribution in [2.24, 2.45) is 5.92 Å². The summed E-state index contributed by atoms with van der Waals surface area (Å²) < 4.78 is 0. The van der Waals surface area contributed by atoms with E-state index in [4.69, 9.17) is 0 Å². The topological polar surface area (TPSA) is 44.4 Å². The zero-order chi connectivity index (χ0) is 15.1. The van der Waals surface area contributed by atoms with Gasteiger partial charge in [0.1, 0.15) is 0 Å². The molecule has 21 heavy (non-hydrogen) atoms. The van der Waals surface area contributed by atoms with Crippen LogP contribution in [0.5, 0.6) is 0 Å². The summed E-state index contributed by atoms with van der Waals surface area (Å²) in [6.45, 7) is 7.71. The minimum absolute atomic E-state index is 0.00933. The lowest BCUT2D eigenvalue weighted by molar-refractivity contribution is 0.155. The van der Waals surface area contributed by atoms with Crippen LogP contribution in [0.1, 0.15) is 65.2 Å². The number of amides is 2. The molecule has 2 fully saturated rings. The SMILES string of the molecule is CCC(C)NC(=O)NC1CCN(CC2CCCCC2)CC1. The number of carbonyl (C=O) groups is 1. The predicted octanol–water partition coefficient (Wildman–Crippen LogP) is 3.13. The highest BCUT2D eigenvalue weighted by molar-refractivity contribution is 5.74. The van der Waals surface area contributed by atoms with Gasteiger partial charge in [-0.1, -0.05) is 26.2 Å². The molecular weight excluding hydrogens is 262 g/mol. The summed E-state index contributed by atoms with van der Waals surface area (Å²) >= 11 is 0. The van der Waals surface area contributed by atoms with Crippen LogP contribution in [-0.2, 0) is 0 Å². The van der Waals surface area contributed by atoms with Gasteiger partial charge in [0.15, 0.2) is 0 Å². The molecule has 0 bridgehead atoms. The van der Waals surface area contributed by atoms with Gasteiger partial charge in [-0.15, -0.1) is 0 Å². The summed E-state index contributed by atoms with van der Waals surface area (Å²) in [5.74, 6) is 0.928. The smallest absolute Gasteiger partial charge is 0.315 e. The Morgan fingerprint density at radius 3 is 2.43 bits per heavy atom. The number of nitrogens with zero attached hydrogens (tertiary/aromatic N) is 1. The Bertz CT molecular complexity index is 307. The van der Waals surface area contributed by atoms with Crippen molar-refractivity contribution in [2.45, 2.75) is 77.3 Å². The molecule has 1 unspecified atom stereocenters. The molecule has 1 heterocycles. The van der Waals surface area contributed by atoms with Crippen LogP contribution in [0.15, 0.2) is 0 Å². The Morgan fingerprint density at radius 1 is 1.14 bits per heavy atom. The molecule has 122 valence electrons. The average molecular weight is 295 g/mol. The van der Waals surface area contributed by atoms with E-state index in [0.29, 0.717) is 6.04 Å². The lowest BCUT2D eigenvalue weighted by Crippen LogP contribution is -2.50. The first kappa shape index (κ1) is 16.6. The van der Waals surface area contributed by atoms with Crippen LogP contribution in [0, 0.1) is 5.92 Å². The zero-order valence-corrected chi connectivity index (χ0v) is 13.9. The van der Waals surface area contributed by atoms with Gasteiger partial charge in [-0.25, -0.2) is 4.79 Å². The first-order valence-corrected chi connectivity index (χ1v) is 8.96. The van der Waals surface area contributed by atoms with Crippen LogP contribution in [0.3, 0.4) is 0 Å². The largest absolute Gasteiger partial charge is 0.336 e. The molecular formula is C17H33N3O. The summed E-state index contributed by atoms with van der Waals surface area (Å²) in [6, 6.07) is 0.628. The third kappa shape index (κ3) is 5.85. The first-order valence-electron chi connectivity index (χ1n) is 8.96. The molecule has 4 heteroatoms. The molecule has 1 atom stereocenters. The molecule has 4 nitrogen and oxygen atoms in total. The van der Waals surface area contributed by atoms with E-state index in [-0.39, 0.29) is 12.1 Å². The second kappa shape index (κ2) is 8.62. The van der Waals surface area contributed by atoms with Crippen LogP contribution in [-0.4, -0.2) is 42.6 Å². The fraction of sp³-hybridized carbons (Fsp3) is 0.941. The molecule has 0 aromatic heterocycles. The summed E-state index contributed by atoms with van der Waals surface area (Å²) in [4.78, 5) is 14.5. The minimum atomic E-state index is 0.00933. The van der Waals surface area contributed by atoms with E-state index in [1.165, 1.54) is 38.6 Å². The summed E-state index contributed by atoms with van der Waals surface area (Å²) in [7, 11) is 0. The van der Waals surface area contributed by atoms with Gasteiger partial charge in [0.25, 0.3) is 0 Å². The monoisotopic (exact) mass is 295 g/mol. The third-order valence-electron chi connectivity index (χ3n) is 5.15. The summed E-state index contributed by atoms with van der Waals surface area (Å²) in [5, 5.41) is 6.12. The number of hydrogen-bond acceptors (Lipinski definition) is 2. The number of piperidine rings is 1. The van der Waals surface area contributed by atoms with Crippen molar-refractivity contribution in [3.63, 3.8) is 0 Å². The number of urea groups is 1. The lowest BCUT2D eigenvalue weighted by Gasteiger charge is -2.35. The van der Waals surface area contributed by atoms with E-state index >= 15 is 0 Å². The van der Waals surface area contributed by atoms with Gasteiger partial charge in [0.05, 0.1) is 0 Å². The molecule has 0 radical (unpaired) electrons. The van der Waals surface area contributed by atoms with Crippen LogP contribution in [0.4, 0.5) is 4.79 Å². The number of likely N-dealkylation sites (tertiary alicyclic amines) is 1. The fourth-order valence-electron chi connectivity index (χ4n) is 3.55. The Balaban J connectivity index is 1.62. The quantitative estimate of drug-likeness (QED) is 0.818. The van der Waals surface area contributed by atoms with E-state index < -0.39 is 0 Å². The maximum absolute atomic E-state index is 11.8. The van der Waals surface area contributed by atoms with Crippen molar-refractivity contribution < 1.29 is 4.79 Å². The van der Waals surface area contributed by atoms with Crippen molar-refractivity contribution in [3.8, 4) is 0 Å². The van der Waals surface area contributed by atoms with Crippen LogP contribution in [0.2, 0.25) is 0 Å². The van der Waals surface area contributed by atoms with Gasteiger partial charge in [-0.2, -0.15) is 0 Å². The molecule has 2 aliphatic rings. The molecule has 2 rings (SSSR count). The first-order chi connectivity index (χ1) is 10.2. The predicted molar refractivity (Wildman–Crippen MR) is 87.5 cm³/mol. The van der Waals surface area contributed by atoms with Crippen molar-refractivity contribution in [3.05, 3.63) is 0 Å². The second-order valence-corrected chi connectivity index (χ2v) is 7.01. The highest BCUT2D eigenvalue weighted by Gasteiger charge is 2.23. The average Bonchev–Trinajstić information content (AvgIpc) is 2.50. The normalized spacial score (nSPS) is 23.7. The van der Waals surface area contributed by atoms with E-state index in [1.54, 1.807) is 0 Å². The lowest BCUT2D eigenvalue weighted by atomic mass is 9.88. The third-order valence-corrected chi connectivity index (χ3v) is 5.15. The Morgan fingerprint density at radius 2 is 1.81 bits per heavy atom. The van der Waals surface area contributed by atoms with Gasteiger partial charge in [-0.05, 0) is 44.9 Å². The van der Waals surface area contributed by atoms with Gasteiger partial charge in [0.2, 0.25) is 0 Å². The highest BCUT2D eigenvalue weighted by atomic mass is 16.2. The Hall–Kier alpha value is -0.770. The van der Waals surface area contributed by atoms with E-state index in [1.807, 2.05) is 6.92 Å². The molecule has 1 aliphatic carbocycles. The van der Waals surface area contributed by atoms with Gasteiger partial charge in [0, 0.05) is 31.7 Å². The molecule has 0 spiro atoms. The van der Waals surface area contributed by atoms with Crippen molar-refractivity contribution >= 4 is 6.03 Å². The van der Waals surface area contributed by atoms with E-state index in [0.717, 1.165) is 38.3 Å². The highest BCUT2D eigenvalue weighted by Crippen LogP contribution is 2.25. The molecule has 2 N–H and O–H groups in total. The zero-order valence-electron chi connectivity index (χ0n) is 13.9. The van der Waals surface area contributed by atoms with Crippen molar-refractivity contribution in [2.75, 3.05) is 19.6 Å². The van der Waals surface area contributed by atoms with Crippen LogP contribution in [0.25, 0.3) is 0 Å². The summed E-state index contributed by atoms with van der Waals surface area (Å²) in [6.07, 6.45) is 10.3. The maximum Gasteiger partial charge on any atom is 0.315 e. The van der Waals surface area contributed by atoms with Gasteiger partial charge < -0.3 is 15.5 Å². The molecule has 2 amide bonds. The molecule has 0 aromatic carbocycles. The number of nitrogens with one attached hydrogen (secondary N) is 2. The standard InChI is InChI=1S/C17H33N3O/c1-3-14(2)18-17(21)19-16-9-11-20(12-10-16)13-15-7-5-4-6-8-15/h14-16H,3-13H2,1-2H3,(H2,18,19,21). The fourth-order valence-corrected chi connectivity index (χ4v) is 3.55. The van der Waals surface area contributed by atoms with Crippen LogP contribution < -0.4 is 10.6 Å². The van der Waals surface area contributed by atoms with E-state index in [2.05, 4.69) is 22.5 Å².